The number of nitrogens with zero attached hydrogens (tertiary/aromatic N) is 2. The van der Waals surface area contributed by atoms with Crippen LogP contribution in [-0.2, 0) is 35.1 Å². The molecule has 40 heavy (non-hydrogen) atoms. The Morgan fingerprint density at radius 3 is 2.55 bits per heavy atom. The minimum atomic E-state index is -0.686. The second-order valence-corrected chi connectivity index (χ2v) is 11.4. The van der Waals surface area contributed by atoms with E-state index in [-0.39, 0.29) is 49.0 Å². The van der Waals surface area contributed by atoms with Gasteiger partial charge in [-0.25, -0.2) is 9.63 Å². The molecule has 12 heteroatoms. The first-order chi connectivity index (χ1) is 19.3. The molecule has 1 aliphatic carbocycles. The molecule has 5 atom stereocenters. The molecule has 1 aromatic carbocycles. The summed E-state index contributed by atoms with van der Waals surface area (Å²) < 4.78 is 10.9. The molecular weight excluding hydrogens is 538 g/mol. The fourth-order valence-corrected chi connectivity index (χ4v) is 6.23. The molecule has 1 amide bonds. The van der Waals surface area contributed by atoms with E-state index in [1.165, 1.54) is 11.8 Å². The van der Waals surface area contributed by atoms with Crippen molar-refractivity contribution in [2.24, 2.45) is 5.92 Å². The second kappa shape index (κ2) is 16.9. The van der Waals surface area contributed by atoms with Crippen molar-refractivity contribution in [2.45, 2.75) is 83.0 Å². The topological polar surface area (TPSA) is 138 Å². The minimum Gasteiger partial charge on any atom is -0.465 e. The number of ether oxygens (including phenoxy) is 2. The molecule has 3 N–H and O–H groups in total. The van der Waals surface area contributed by atoms with E-state index in [0.717, 1.165) is 31.2 Å². The van der Waals surface area contributed by atoms with Gasteiger partial charge in [-0.1, -0.05) is 43.2 Å². The molecule has 1 aromatic rings. The predicted octanol–water partition coefficient (Wildman–Crippen LogP) is 2.98. The molecule has 2 aliphatic rings. The van der Waals surface area contributed by atoms with Crippen LogP contribution in [0.25, 0.3) is 0 Å². The highest BCUT2D eigenvalue weighted by Crippen LogP contribution is 2.40. The van der Waals surface area contributed by atoms with Gasteiger partial charge in [0.15, 0.2) is 0 Å². The molecule has 0 bridgehead atoms. The zero-order valence-corrected chi connectivity index (χ0v) is 24.2. The molecule has 3 rings (SSSR count). The van der Waals surface area contributed by atoms with Crippen molar-refractivity contribution in [3.63, 3.8) is 0 Å². The zero-order chi connectivity index (χ0) is 28.9. The summed E-state index contributed by atoms with van der Waals surface area (Å²) in [6.07, 6.45) is 5.65. The molecule has 1 saturated carbocycles. The molecule has 11 nitrogen and oxygen atoms in total. The summed E-state index contributed by atoms with van der Waals surface area (Å²) in [6, 6.07) is 7.85. The number of carbonyl (C=O) groups excluding carboxylic acids is 3. The highest BCUT2D eigenvalue weighted by Gasteiger charge is 2.49. The standard InChI is InChI=1S/C28H43N3O8S/c1-3-37-27(33)23(14-13-21-9-5-4-6-10-21)29-20(2)26(32)30-24-12-8-7-11-22(24)19-25(30)28(34)38-15-17-40-18-16-39-31(35)36/h4-6,9-10,20,22-25,29,35-36H,3,7-8,11-19H2,1-2H3. The summed E-state index contributed by atoms with van der Waals surface area (Å²) in [5.74, 6) is 0.263. The fourth-order valence-electron chi connectivity index (χ4n) is 5.63. The van der Waals surface area contributed by atoms with Gasteiger partial charge < -0.3 is 14.4 Å². The maximum absolute atomic E-state index is 13.8. The third-order valence-electron chi connectivity index (χ3n) is 7.48. The zero-order valence-electron chi connectivity index (χ0n) is 23.4. The molecule has 224 valence electrons. The number of amides is 1. The average Bonchev–Trinajstić information content (AvgIpc) is 3.34. The average molecular weight is 582 g/mol. The number of hydrogen-bond donors (Lipinski definition) is 3. The van der Waals surface area contributed by atoms with E-state index < -0.39 is 24.1 Å². The minimum absolute atomic E-state index is 0.0140. The molecule has 2 fully saturated rings. The smallest absolute Gasteiger partial charge is 0.328 e. The van der Waals surface area contributed by atoms with Crippen molar-refractivity contribution >= 4 is 29.6 Å². The van der Waals surface area contributed by atoms with Gasteiger partial charge in [-0.15, -0.1) is 0 Å². The SMILES string of the molecule is CCOC(=O)C(CCc1ccccc1)NC(C)C(=O)N1C(C(=O)OCCSCCON(O)O)CC2CCCCC21. The summed E-state index contributed by atoms with van der Waals surface area (Å²) >= 11 is 1.44. The van der Waals surface area contributed by atoms with Crippen molar-refractivity contribution in [1.82, 2.24) is 15.6 Å². The van der Waals surface area contributed by atoms with Gasteiger partial charge >= 0.3 is 11.9 Å². The van der Waals surface area contributed by atoms with E-state index in [1.807, 2.05) is 30.3 Å². The van der Waals surface area contributed by atoms with E-state index >= 15 is 0 Å². The van der Waals surface area contributed by atoms with E-state index in [4.69, 9.17) is 19.9 Å². The Labute approximate surface area is 240 Å². The van der Waals surface area contributed by atoms with Crippen molar-refractivity contribution in [3.05, 3.63) is 35.9 Å². The maximum atomic E-state index is 13.8. The molecule has 1 saturated heterocycles. The largest absolute Gasteiger partial charge is 0.465 e. The van der Waals surface area contributed by atoms with Gasteiger partial charge in [0.25, 0.3) is 0 Å². The van der Waals surface area contributed by atoms with E-state index in [1.54, 1.807) is 18.7 Å². The number of rotatable bonds is 16. The van der Waals surface area contributed by atoms with Crippen LogP contribution in [0.4, 0.5) is 0 Å². The summed E-state index contributed by atoms with van der Waals surface area (Å²) in [7, 11) is 0. The number of benzene rings is 1. The first-order valence-electron chi connectivity index (χ1n) is 14.2. The third-order valence-corrected chi connectivity index (χ3v) is 8.39. The van der Waals surface area contributed by atoms with Crippen LogP contribution in [0, 0.1) is 5.92 Å². The summed E-state index contributed by atoms with van der Waals surface area (Å²) in [6.45, 7) is 4.03. The van der Waals surface area contributed by atoms with Crippen LogP contribution < -0.4 is 5.32 Å². The van der Waals surface area contributed by atoms with Crippen LogP contribution in [0.1, 0.15) is 57.9 Å². The van der Waals surface area contributed by atoms with Gasteiger partial charge in [0.05, 0.1) is 24.6 Å². The number of aryl methyl sites for hydroxylation is 1. The Bertz CT molecular complexity index is 937. The lowest BCUT2D eigenvalue weighted by atomic mass is 9.84. The summed E-state index contributed by atoms with van der Waals surface area (Å²) in [5, 5.41) is 20.0. The maximum Gasteiger partial charge on any atom is 0.328 e. The fraction of sp³-hybridized carbons (Fsp3) is 0.679. The molecular formula is C28H43N3O8S. The molecule has 0 spiro atoms. The normalized spacial score (nSPS) is 22.0. The number of esters is 2. The molecule has 0 radical (unpaired) electrons. The van der Waals surface area contributed by atoms with Crippen LogP contribution in [-0.4, -0.2) is 94.0 Å². The first-order valence-corrected chi connectivity index (χ1v) is 15.3. The monoisotopic (exact) mass is 581 g/mol. The number of nitrogens with one attached hydrogen (secondary N) is 1. The number of thioether (sulfide) groups is 1. The number of fused-ring (bicyclic) bond motifs is 1. The Hall–Kier alpha value is -2.22. The Balaban J connectivity index is 1.61. The Kier molecular flexibility index (Phi) is 13.6. The lowest BCUT2D eigenvalue weighted by Gasteiger charge is -2.35. The molecule has 1 heterocycles. The van der Waals surface area contributed by atoms with E-state index in [0.29, 0.717) is 30.8 Å². The van der Waals surface area contributed by atoms with Crippen LogP contribution >= 0.6 is 11.8 Å². The van der Waals surface area contributed by atoms with E-state index in [9.17, 15) is 14.4 Å². The summed E-state index contributed by atoms with van der Waals surface area (Å²) in [5.41, 5.74) is 1.10. The lowest BCUT2D eigenvalue weighted by Crippen LogP contribution is -2.56. The van der Waals surface area contributed by atoms with Crippen LogP contribution in [0.15, 0.2) is 30.3 Å². The Morgan fingerprint density at radius 1 is 1.10 bits per heavy atom. The van der Waals surface area contributed by atoms with Crippen molar-refractivity contribution < 1.29 is 39.1 Å². The molecule has 1 aliphatic heterocycles. The van der Waals surface area contributed by atoms with Crippen LogP contribution in [0.5, 0.6) is 0 Å². The van der Waals surface area contributed by atoms with Gasteiger partial charge in [-0.3, -0.25) is 25.3 Å². The number of hydrogen-bond acceptors (Lipinski definition) is 11. The number of carbonyl (C=O) groups is 3. The van der Waals surface area contributed by atoms with Crippen molar-refractivity contribution in [2.75, 3.05) is 31.3 Å². The van der Waals surface area contributed by atoms with Gasteiger partial charge in [-0.2, -0.15) is 11.8 Å². The molecule has 5 unspecified atom stereocenters. The van der Waals surface area contributed by atoms with Crippen LogP contribution in [0.2, 0.25) is 0 Å². The Morgan fingerprint density at radius 2 is 1.82 bits per heavy atom. The van der Waals surface area contributed by atoms with Crippen LogP contribution in [0.3, 0.4) is 0 Å². The summed E-state index contributed by atoms with van der Waals surface area (Å²) in [4.78, 5) is 46.0. The van der Waals surface area contributed by atoms with Gasteiger partial charge in [0, 0.05) is 17.5 Å². The van der Waals surface area contributed by atoms with Gasteiger partial charge in [0.1, 0.15) is 18.7 Å². The molecule has 0 aromatic heterocycles. The highest BCUT2D eigenvalue weighted by molar-refractivity contribution is 7.99. The van der Waals surface area contributed by atoms with Crippen molar-refractivity contribution in [1.29, 1.82) is 0 Å². The van der Waals surface area contributed by atoms with Gasteiger partial charge in [0.2, 0.25) is 5.91 Å². The van der Waals surface area contributed by atoms with E-state index in [2.05, 4.69) is 10.2 Å². The van der Waals surface area contributed by atoms with Gasteiger partial charge in [-0.05, 0) is 57.4 Å². The number of likely N-dealkylation sites (tertiary alicyclic amines) is 1. The lowest BCUT2D eigenvalue weighted by molar-refractivity contribution is -0.490. The first kappa shape index (κ1) is 32.3. The third kappa shape index (κ3) is 9.71. The predicted molar refractivity (Wildman–Crippen MR) is 148 cm³/mol. The highest BCUT2D eigenvalue weighted by atomic mass is 32.2. The second-order valence-electron chi connectivity index (χ2n) is 10.2. The van der Waals surface area contributed by atoms with Crippen molar-refractivity contribution in [3.8, 4) is 0 Å². The quantitative estimate of drug-likeness (QED) is 0.151.